The van der Waals surface area contributed by atoms with E-state index in [-0.39, 0.29) is 14.9 Å². The van der Waals surface area contributed by atoms with E-state index in [2.05, 4.69) is 5.32 Å². The molecule has 19 heavy (non-hydrogen) atoms. The molecule has 0 spiro atoms. The van der Waals surface area contributed by atoms with Crippen molar-refractivity contribution >= 4 is 39.7 Å². The Hall–Kier alpha value is -1.51. The van der Waals surface area contributed by atoms with Crippen LogP contribution in [0.5, 0.6) is 0 Å². The van der Waals surface area contributed by atoms with Crippen molar-refractivity contribution in [2.75, 3.05) is 11.1 Å². The Kier molecular flexibility index (Phi) is 3.83. The standard InChI is InChI=1S/C12H7F4IN2/c13-5-2-1-3-8(11(5)18)19-12-6(14)4-7(17)9(15)10(12)16/h1-4,19H,18H2. The third kappa shape index (κ3) is 2.60. The molecule has 2 nitrogen and oxygen atoms in total. The van der Waals surface area contributed by atoms with Crippen molar-refractivity contribution in [3.63, 3.8) is 0 Å². The molecule has 0 bridgehead atoms. The summed E-state index contributed by atoms with van der Waals surface area (Å²) in [5.74, 6) is -4.30. The molecule has 0 aliphatic heterocycles. The SMILES string of the molecule is Nc1c(F)cccc1Nc1c(F)cc(I)c(F)c1F. The van der Waals surface area contributed by atoms with Crippen LogP contribution in [0.3, 0.4) is 0 Å². The van der Waals surface area contributed by atoms with Gasteiger partial charge in [-0.05, 0) is 40.8 Å². The van der Waals surface area contributed by atoms with Gasteiger partial charge in [-0.3, -0.25) is 0 Å². The van der Waals surface area contributed by atoms with Crippen molar-refractivity contribution in [1.82, 2.24) is 0 Å². The smallest absolute Gasteiger partial charge is 0.186 e. The van der Waals surface area contributed by atoms with Gasteiger partial charge in [-0.25, -0.2) is 17.6 Å². The van der Waals surface area contributed by atoms with Crippen LogP contribution in [0.25, 0.3) is 0 Å². The number of benzene rings is 2. The highest BCUT2D eigenvalue weighted by molar-refractivity contribution is 14.1. The summed E-state index contributed by atoms with van der Waals surface area (Å²) in [6, 6.07) is 4.57. The number of anilines is 3. The molecule has 0 aliphatic carbocycles. The molecule has 7 heteroatoms. The predicted octanol–water partition coefficient (Wildman–Crippen LogP) is 4.17. The summed E-state index contributed by atoms with van der Waals surface area (Å²) >= 11 is 1.47. The first kappa shape index (κ1) is 13.9. The lowest BCUT2D eigenvalue weighted by Gasteiger charge is -2.12. The molecule has 100 valence electrons. The van der Waals surface area contributed by atoms with Gasteiger partial charge in [-0.15, -0.1) is 0 Å². The van der Waals surface area contributed by atoms with Gasteiger partial charge in [0, 0.05) is 0 Å². The molecule has 0 unspecified atom stereocenters. The van der Waals surface area contributed by atoms with Gasteiger partial charge in [-0.1, -0.05) is 6.07 Å². The maximum atomic E-state index is 13.6. The average Bonchev–Trinajstić information content (AvgIpc) is 2.37. The minimum Gasteiger partial charge on any atom is -0.395 e. The van der Waals surface area contributed by atoms with Crippen LogP contribution in [0.15, 0.2) is 24.3 Å². The van der Waals surface area contributed by atoms with Crippen LogP contribution in [-0.2, 0) is 0 Å². The molecular weight excluding hydrogens is 375 g/mol. The first-order chi connectivity index (χ1) is 8.91. The summed E-state index contributed by atoms with van der Waals surface area (Å²) in [4.78, 5) is 0. The normalized spacial score (nSPS) is 10.6. The number of rotatable bonds is 2. The van der Waals surface area contributed by atoms with Crippen molar-refractivity contribution < 1.29 is 17.6 Å². The molecule has 0 radical (unpaired) electrons. The molecule has 0 amide bonds. The second-order valence-corrected chi connectivity index (χ2v) is 4.83. The summed E-state index contributed by atoms with van der Waals surface area (Å²) < 4.78 is 53.6. The summed E-state index contributed by atoms with van der Waals surface area (Å²) in [5, 5.41) is 2.26. The molecule has 0 saturated heterocycles. The molecular formula is C12H7F4IN2. The molecule has 0 saturated carbocycles. The van der Waals surface area contributed by atoms with E-state index >= 15 is 0 Å². The van der Waals surface area contributed by atoms with Crippen LogP contribution >= 0.6 is 22.6 Å². The van der Waals surface area contributed by atoms with Gasteiger partial charge in [0.15, 0.2) is 17.5 Å². The number of hydrogen-bond acceptors (Lipinski definition) is 2. The fraction of sp³-hybridized carbons (Fsp3) is 0. The number of halogens is 5. The van der Waals surface area contributed by atoms with Gasteiger partial charge in [0.05, 0.1) is 14.9 Å². The number of nitrogens with one attached hydrogen (secondary N) is 1. The Bertz CT molecular complexity index is 646. The highest BCUT2D eigenvalue weighted by atomic mass is 127. The van der Waals surface area contributed by atoms with E-state index in [4.69, 9.17) is 5.73 Å². The van der Waals surface area contributed by atoms with Crippen LogP contribution < -0.4 is 11.1 Å². The van der Waals surface area contributed by atoms with Gasteiger partial charge in [-0.2, -0.15) is 0 Å². The highest BCUT2D eigenvalue weighted by Crippen LogP contribution is 2.31. The molecule has 0 aromatic heterocycles. The fourth-order valence-electron chi connectivity index (χ4n) is 1.46. The van der Waals surface area contributed by atoms with E-state index in [0.717, 1.165) is 12.1 Å². The molecule has 2 aromatic carbocycles. The molecule has 3 N–H and O–H groups in total. The molecule has 2 rings (SSSR count). The Morgan fingerprint density at radius 1 is 1.00 bits per heavy atom. The van der Waals surface area contributed by atoms with Crippen LogP contribution in [0, 0.1) is 26.8 Å². The van der Waals surface area contributed by atoms with Crippen LogP contribution in [0.2, 0.25) is 0 Å². The largest absolute Gasteiger partial charge is 0.395 e. The second kappa shape index (κ2) is 5.24. The Morgan fingerprint density at radius 2 is 1.68 bits per heavy atom. The second-order valence-electron chi connectivity index (χ2n) is 3.67. The Balaban J connectivity index is 2.50. The lowest BCUT2D eigenvalue weighted by atomic mass is 10.2. The van der Waals surface area contributed by atoms with Crippen molar-refractivity contribution in [3.8, 4) is 0 Å². The quantitative estimate of drug-likeness (QED) is 0.269. The van der Waals surface area contributed by atoms with Crippen molar-refractivity contribution in [3.05, 3.63) is 51.1 Å². The van der Waals surface area contributed by atoms with Gasteiger partial charge < -0.3 is 11.1 Å². The molecule has 0 aliphatic rings. The lowest BCUT2D eigenvalue weighted by molar-refractivity contribution is 0.494. The predicted molar refractivity (Wildman–Crippen MR) is 73.1 cm³/mol. The first-order valence-electron chi connectivity index (χ1n) is 5.05. The number of para-hydroxylation sites is 1. The van der Waals surface area contributed by atoms with Gasteiger partial charge in [0.2, 0.25) is 0 Å². The summed E-state index contributed by atoms with van der Waals surface area (Å²) in [5.41, 5.74) is 4.36. The van der Waals surface area contributed by atoms with Crippen LogP contribution in [0.4, 0.5) is 34.6 Å². The third-order valence-electron chi connectivity index (χ3n) is 2.43. The van der Waals surface area contributed by atoms with E-state index < -0.39 is 29.0 Å². The average molecular weight is 382 g/mol. The summed E-state index contributed by atoms with van der Waals surface area (Å²) in [6.07, 6.45) is 0. The highest BCUT2D eigenvalue weighted by Gasteiger charge is 2.18. The lowest BCUT2D eigenvalue weighted by Crippen LogP contribution is -2.05. The molecule has 0 fully saturated rings. The van der Waals surface area contributed by atoms with E-state index in [9.17, 15) is 17.6 Å². The summed E-state index contributed by atoms with van der Waals surface area (Å²) in [6.45, 7) is 0. The van der Waals surface area contributed by atoms with E-state index in [1.807, 2.05) is 0 Å². The minimum atomic E-state index is -1.38. The number of hydrogen-bond donors (Lipinski definition) is 2. The van der Waals surface area contributed by atoms with E-state index in [1.165, 1.54) is 34.7 Å². The van der Waals surface area contributed by atoms with Crippen LogP contribution in [0.1, 0.15) is 0 Å². The third-order valence-corrected chi connectivity index (χ3v) is 3.21. The Labute approximate surface area is 119 Å². The van der Waals surface area contributed by atoms with Crippen molar-refractivity contribution in [2.24, 2.45) is 0 Å². The molecule has 0 atom stereocenters. The maximum Gasteiger partial charge on any atom is 0.186 e. The Morgan fingerprint density at radius 3 is 2.37 bits per heavy atom. The van der Waals surface area contributed by atoms with Crippen LogP contribution in [-0.4, -0.2) is 0 Å². The zero-order valence-corrected chi connectivity index (χ0v) is 11.4. The van der Waals surface area contributed by atoms with E-state index in [0.29, 0.717) is 0 Å². The zero-order valence-electron chi connectivity index (χ0n) is 9.28. The van der Waals surface area contributed by atoms with Gasteiger partial charge >= 0.3 is 0 Å². The van der Waals surface area contributed by atoms with Gasteiger partial charge in [0.1, 0.15) is 11.5 Å². The number of nitrogens with two attached hydrogens (primary N) is 1. The molecule has 0 heterocycles. The van der Waals surface area contributed by atoms with E-state index in [1.54, 1.807) is 0 Å². The van der Waals surface area contributed by atoms with Gasteiger partial charge in [0.25, 0.3) is 0 Å². The zero-order chi connectivity index (χ0) is 14.2. The fourth-order valence-corrected chi connectivity index (χ4v) is 1.97. The maximum absolute atomic E-state index is 13.6. The summed E-state index contributed by atoms with van der Waals surface area (Å²) in [7, 11) is 0. The first-order valence-corrected chi connectivity index (χ1v) is 6.13. The monoisotopic (exact) mass is 382 g/mol. The molecule has 2 aromatic rings. The van der Waals surface area contributed by atoms with Crippen molar-refractivity contribution in [1.29, 1.82) is 0 Å². The number of nitrogen functional groups attached to an aromatic ring is 1. The minimum absolute atomic E-state index is 0.0431. The topological polar surface area (TPSA) is 38.0 Å². The van der Waals surface area contributed by atoms with Crippen molar-refractivity contribution in [2.45, 2.75) is 0 Å².